The summed E-state index contributed by atoms with van der Waals surface area (Å²) in [5.41, 5.74) is 1.10. The van der Waals surface area contributed by atoms with Crippen molar-refractivity contribution in [2.24, 2.45) is 4.99 Å². The average molecular weight is 203 g/mol. The second-order valence-electron chi connectivity index (χ2n) is 2.97. The standard InChI is InChI=1S/C12H13NO2/c14-12(15)8-10-13-9-4-7-11-5-2-1-3-6-11/h1-7,9H,8,10H2,(H,14,15)/b7-4-,13-9?. The topological polar surface area (TPSA) is 49.7 Å². The molecule has 0 saturated carbocycles. The third-order valence-corrected chi connectivity index (χ3v) is 1.73. The summed E-state index contributed by atoms with van der Waals surface area (Å²) in [6.45, 7) is 0.328. The number of hydrogen-bond acceptors (Lipinski definition) is 2. The molecule has 0 aliphatic heterocycles. The minimum atomic E-state index is -0.820. The summed E-state index contributed by atoms with van der Waals surface area (Å²) in [6.07, 6.45) is 5.42. The Bertz CT molecular complexity index is 355. The highest BCUT2D eigenvalue weighted by Crippen LogP contribution is 1.99. The zero-order valence-electron chi connectivity index (χ0n) is 8.34. The summed E-state index contributed by atoms with van der Waals surface area (Å²) in [6, 6.07) is 9.85. The first kappa shape index (κ1) is 11.2. The number of rotatable bonds is 5. The fraction of sp³-hybridized carbons (Fsp3) is 0.167. The fourth-order valence-corrected chi connectivity index (χ4v) is 1.01. The number of aliphatic imine (C=N–C) groups is 1. The number of allylic oxidation sites excluding steroid dienone is 1. The van der Waals surface area contributed by atoms with Crippen LogP contribution in [0.25, 0.3) is 6.08 Å². The SMILES string of the molecule is O=C(O)CCN=C/C=C\c1ccccc1. The summed E-state index contributed by atoms with van der Waals surface area (Å²) >= 11 is 0. The van der Waals surface area contributed by atoms with E-state index in [0.29, 0.717) is 6.54 Å². The molecule has 3 nitrogen and oxygen atoms in total. The Morgan fingerprint density at radius 1 is 1.33 bits per heavy atom. The summed E-state index contributed by atoms with van der Waals surface area (Å²) in [5.74, 6) is -0.820. The highest BCUT2D eigenvalue weighted by atomic mass is 16.4. The zero-order chi connectivity index (χ0) is 10.9. The lowest BCUT2D eigenvalue weighted by Crippen LogP contribution is -1.96. The highest BCUT2D eigenvalue weighted by molar-refractivity contribution is 5.78. The molecule has 1 N–H and O–H groups in total. The van der Waals surface area contributed by atoms with E-state index in [4.69, 9.17) is 5.11 Å². The van der Waals surface area contributed by atoms with Crippen molar-refractivity contribution in [1.29, 1.82) is 0 Å². The summed E-state index contributed by atoms with van der Waals surface area (Å²) in [5, 5.41) is 8.36. The zero-order valence-corrected chi connectivity index (χ0v) is 8.34. The smallest absolute Gasteiger partial charge is 0.305 e. The monoisotopic (exact) mass is 203 g/mol. The molecule has 78 valence electrons. The largest absolute Gasteiger partial charge is 0.481 e. The van der Waals surface area contributed by atoms with E-state index in [-0.39, 0.29) is 6.42 Å². The molecule has 0 aliphatic carbocycles. The van der Waals surface area contributed by atoms with Crippen LogP contribution in [0.15, 0.2) is 41.4 Å². The predicted molar refractivity (Wildman–Crippen MR) is 61.1 cm³/mol. The lowest BCUT2D eigenvalue weighted by Gasteiger charge is -1.89. The first-order valence-electron chi connectivity index (χ1n) is 4.72. The maximum Gasteiger partial charge on any atom is 0.305 e. The molecule has 1 rings (SSSR count). The molecule has 0 heterocycles. The van der Waals surface area contributed by atoms with Crippen LogP contribution in [0.5, 0.6) is 0 Å². The van der Waals surface area contributed by atoms with Crippen LogP contribution in [-0.4, -0.2) is 23.8 Å². The van der Waals surface area contributed by atoms with Crippen LogP contribution in [0, 0.1) is 0 Å². The molecule has 0 aromatic heterocycles. The lowest BCUT2D eigenvalue weighted by atomic mass is 10.2. The van der Waals surface area contributed by atoms with Crippen molar-refractivity contribution < 1.29 is 9.90 Å². The molecule has 1 aromatic carbocycles. The predicted octanol–water partition coefficient (Wildman–Crippen LogP) is 2.25. The second kappa shape index (κ2) is 6.54. The molecule has 0 bridgehead atoms. The Balaban J connectivity index is 2.31. The number of hydrogen-bond donors (Lipinski definition) is 1. The minimum Gasteiger partial charge on any atom is -0.481 e. The first-order chi connectivity index (χ1) is 7.29. The van der Waals surface area contributed by atoms with Crippen LogP contribution < -0.4 is 0 Å². The Morgan fingerprint density at radius 2 is 2.07 bits per heavy atom. The van der Waals surface area contributed by atoms with E-state index in [0.717, 1.165) is 5.56 Å². The number of carboxylic acids is 1. The molecule has 15 heavy (non-hydrogen) atoms. The molecule has 0 unspecified atom stereocenters. The van der Waals surface area contributed by atoms with E-state index >= 15 is 0 Å². The van der Waals surface area contributed by atoms with Crippen molar-refractivity contribution in [2.45, 2.75) is 6.42 Å². The molecule has 0 aliphatic rings. The third-order valence-electron chi connectivity index (χ3n) is 1.73. The number of nitrogens with zero attached hydrogens (tertiary/aromatic N) is 1. The van der Waals surface area contributed by atoms with Gasteiger partial charge in [0.15, 0.2) is 0 Å². The molecule has 0 spiro atoms. The van der Waals surface area contributed by atoms with Gasteiger partial charge < -0.3 is 5.11 Å². The van der Waals surface area contributed by atoms with Gasteiger partial charge in [-0.2, -0.15) is 0 Å². The Morgan fingerprint density at radius 3 is 2.73 bits per heavy atom. The molecular formula is C12H13NO2. The van der Waals surface area contributed by atoms with Crippen LogP contribution in [0.4, 0.5) is 0 Å². The van der Waals surface area contributed by atoms with Crippen molar-refractivity contribution >= 4 is 18.3 Å². The van der Waals surface area contributed by atoms with E-state index in [1.807, 2.05) is 36.4 Å². The molecule has 0 saturated heterocycles. The van der Waals surface area contributed by atoms with Crippen LogP contribution >= 0.6 is 0 Å². The van der Waals surface area contributed by atoms with Gasteiger partial charge in [0.1, 0.15) is 0 Å². The fourth-order valence-electron chi connectivity index (χ4n) is 1.01. The number of carboxylic acid groups (broad SMARTS) is 1. The molecule has 0 amide bonds. The van der Waals surface area contributed by atoms with E-state index < -0.39 is 5.97 Å². The van der Waals surface area contributed by atoms with Gasteiger partial charge in [0.25, 0.3) is 0 Å². The highest BCUT2D eigenvalue weighted by Gasteiger charge is 1.91. The van der Waals surface area contributed by atoms with Crippen LogP contribution in [0.3, 0.4) is 0 Å². The van der Waals surface area contributed by atoms with Gasteiger partial charge in [-0.1, -0.05) is 36.4 Å². The van der Waals surface area contributed by atoms with Gasteiger partial charge in [0.05, 0.1) is 6.42 Å². The summed E-state index contributed by atoms with van der Waals surface area (Å²) < 4.78 is 0. The van der Waals surface area contributed by atoms with Gasteiger partial charge in [-0.3, -0.25) is 9.79 Å². The van der Waals surface area contributed by atoms with Gasteiger partial charge in [0.2, 0.25) is 0 Å². The van der Waals surface area contributed by atoms with Gasteiger partial charge in [0, 0.05) is 12.8 Å². The number of carbonyl (C=O) groups is 1. The molecule has 0 atom stereocenters. The normalized spacial score (nSPS) is 11.2. The van der Waals surface area contributed by atoms with Crippen molar-refractivity contribution in [2.75, 3.05) is 6.54 Å². The molecule has 0 fully saturated rings. The van der Waals surface area contributed by atoms with Crippen LogP contribution in [-0.2, 0) is 4.79 Å². The van der Waals surface area contributed by atoms with Gasteiger partial charge >= 0.3 is 5.97 Å². The molecule has 3 heteroatoms. The maximum atomic E-state index is 10.2. The Labute approximate surface area is 88.8 Å². The number of benzene rings is 1. The average Bonchev–Trinajstić information content (AvgIpc) is 2.24. The summed E-state index contributed by atoms with van der Waals surface area (Å²) in [4.78, 5) is 14.1. The van der Waals surface area contributed by atoms with Crippen molar-refractivity contribution in [3.63, 3.8) is 0 Å². The maximum absolute atomic E-state index is 10.2. The molecule has 0 radical (unpaired) electrons. The molecule has 1 aromatic rings. The summed E-state index contributed by atoms with van der Waals surface area (Å²) in [7, 11) is 0. The van der Waals surface area contributed by atoms with Crippen LogP contribution in [0.1, 0.15) is 12.0 Å². The van der Waals surface area contributed by atoms with Crippen molar-refractivity contribution in [3.8, 4) is 0 Å². The van der Waals surface area contributed by atoms with E-state index in [1.54, 1.807) is 12.3 Å². The minimum absolute atomic E-state index is 0.0790. The second-order valence-corrected chi connectivity index (χ2v) is 2.97. The van der Waals surface area contributed by atoms with Gasteiger partial charge in [-0.15, -0.1) is 0 Å². The van der Waals surface area contributed by atoms with Gasteiger partial charge in [-0.05, 0) is 11.6 Å². The van der Waals surface area contributed by atoms with Crippen LogP contribution in [0.2, 0.25) is 0 Å². The Hall–Kier alpha value is -1.90. The molecular weight excluding hydrogens is 190 g/mol. The first-order valence-corrected chi connectivity index (χ1v) is 4.72. The number of aliphatic carboxylic acids is 1. The van der Waals surface area contributed by atoms with E-state index in [1.165, 1.54) is 0 Å². The lowest BCUT2D eigenvalue weighted by molar-refractivity contribution is -0.136. The van der Waals surface area contributed by atoms with Crippen molar-refractivity contribution in [1.82, 2.24) is 0 Å². The third kappa shape index (κ3) is 5.41. The van der Waals surface area contributed by atoms with Crippen molar-refractivity contribution in [3.05, 3.63) is 42.0 Å². The Kier molecular flexibility index (Phi) is 4.87. The van der Waals surface area contributed by atoms with E-state index in [9.17, 15) is 4.79 Å². The van der Waals surface area contributed by atoms with Gasteiger partial charge in [-0.25, -0.2) is 0 Å². The quantitative estimate of drug-likeness (QED) is 0.746. The van der Waals surface area contributed by atoms with E-state index in [2.05, 4.69) is 4.99 Å².